The average molecular weight is 497 g/mol. The maximum Gasteiger partial charge on any atom is 0.252 e. The number of amides is 1. The van der Waals surface area contributed by atoms with E-state index in [0.29, 0.717) is 6.54 Å². The molecule has 8 heteroatoms. The molecule has 1 amide bonds. The van der Waals surface area contributed by atoms with Crippen LogP contribution in [0.5, 0.6) is 5.75 Å². The summed E-state index contributed by atoms with van der Waals surface area (Å²) in [4.78, 5) is 13.4. The fourth-order valence-corrected chi connectivity index (χ4v) is 7.49. The standard InChI is InChI=1S/C29H28N4O4/c1-29-27(36-4)18(30-2)12-21(37-29)32-19-8-6-5-7-15(19)23-24-17(13-31-28(24)34)22-16-10-9-14(35-3)11-20(16)33(29)26(22)25(23)32/h5-11,18,21,27,30H,12-13H2,1-4H3,(H,31,34)/t18-,21+,27-,29+/m0/s1. The lowest BCUT2D eigenvalue weighted by atomic mass is 9.93. The van der Waals surface area contributed by atoms with E-state index >= 15 is 0 Å². The monoisotopic (exact) mass is 496 g/mol. The molecule has 5 aromatic rings. The summed E-state index contributed by atoms with van der Waals surface area (Å²) in [6, 6.07) is 14.6. The Hall–Kier alpha value is -3.59. The Morgan fingerprint density at radius 1 is 1.08 bits per heavy atom. The van der Waals surface area contributed by atoms with Crippen LogP contribution in [0.3, 0.4) is 0 Å². The molecule has 0 spiro atoms. The number of nitrogens with zero attached hydrogens (tertiary/aromatic N) is 2. The molecule has 37 heavy (non-hydrogen) atoms. The molecule has 0 radical (unpaired) electrons. The Kier molecular flexibility index (Phi) is 4.09. The molecule has 2 aromatic heterocycles. The number of methoxy groups -OCH3 is 2. The van der Waals surface area contributed by atoms with Crippen molar-refractivity contribution in [2.75, 3.05) is 21.3 Å². The van der Waals surface area contributed by atoms with Crippen molar-refractivity contribution in [1.82, 2.24) is 19.8 Å². The molecule has 3 aromatic carbocycles. The minimum Gasteiger partial charge on any atom is -0.497 e. The van der Waals surface area contributed by atoms with Crippen LogP contribution >= 0.6 is 0 Å². The number of hydrogen-bond acceptors (Lipinski definition) is 5. The highest BCUT2D eigenvalue weighted by Crippen LogP contribution is 2.53. The van der Waals surface area contributed by atoms with Gasteiger partial charge in [-0.25, -0.2) is 0 Å². The van der Waals surface area contributed by atoms with Crippen LogP contribution in [-0.4, -0.2) is 48.5 Å². The molecule has 3 aliphatic heterocycles. The van der Waals surface area contributed by atoms with Gasteiger partial charge in [-0.1, -0.05) is 18.2 Å². The SMILES string of the molecule is CN[C@H]1C[C@H]2O[C@](C)([C@H]1OC)n1c3cc(OC)ccc3c3c4c(c5c6ccccc6n2c5c31)C(=O)NC4. The molecule has 3 aliphatic rings. The first-order valence-electron chi connectivity index (χ1n) is 12.8. The number of ether oxygens (including phenoxy) is 3. The maximum atomic E-state index is 13.4. The second-order valence-corrected chi connectivity index (χ2v) is 10.5. The molecular weight excluding hydrogens is 468 g/mol. The molecule has 5 heterocycles. The lowest BCUT2D eigenvalue weighted by Crippen LogP contribution is -2.59. The molecule has 0 unspecified atom stereocenters. The van der Waals surface area contributed by atoms with Crippen LogP contribution in [-0.2, 0) is 21.7 Å². The molecule has 188 valence electrons. The fraction of sp³-hybridized carbons (Fsp3) is 0.345. The third kappa shape index (κ3) is 2.37. The summed E-state index contributed by atoms with van der Waals surface area (Å²) < 4.78 is 23.6. The predicted octanol–water partition coefficient (Wildman–Crippen LogP) is 4.36. The normalized spacial score (nSPS) is 26.4. The van der Waals surface area contributed by atoms with Gasteiger partial charge in [0.15, 0.2) is 5.72 Å². The van der Waals surface area contributed by atoms with Crippen molar-refractivity contribution >= 4 is 49.5 Å². The van der Waals surface area contributed by atoms with Gasteiger partial charge in [-0.3, -0.25) is 4.79 Å². The third-order valence-electron chi connectivity index (χ3n) is 8.90. The van der Waals surface area contributed by atoms with E-state index < -0.39 is 5.72 Å². The molecule has 8 rings (SSSR count). The number of carbonyl (C=O) groups is 1. The number of nitrogens with one attached hydrogen (secondary N) is 2. The van der Waals surface area contributed by atoms with E-state index in [0.717, 1.165) is 66.9 Å². The smallest absolute Gasteiger partial charge is 0.252 e. The zero-order chi connectivity index (χ0) is 25.2. The Bertz CT molecular complexity index is 1820. The number of rotatable bonds is 3. The zero-order valence-corrected chi connectivity index (χ0v) is 21.2. The number of para-hydroxylation sites is 1. The van der Waals surface area contributed by atoms with E-state index in [9.17, 15) is 4.79 Å². The molecule has 0 aliphatic carbocycles. The quantitative estimate of drug-likeness (QED) is 0.388. The topological polar surface area (TPSA) is 78.7 Å². The van der Waals surface area contributed by atoms with Crippen LogP contribution in [0.25, 0.3) is 43.6 Å². The van der Waals surface area contributed by atoms with Crippen LogP contribution in [0, 0.1) is 0 Å². The Morgan fingerprint density at radius 2 is 1.89 bits per heavy atom. The summed E-state index contributed by atoms with van der Waals surface area (Å²) in [5, 5.41) is 10.9. The molecule has 1 saturated heterocycles. The van der Waals surface area contributed by atoms with E-state index in [4.69, 9.17) is 14.2 Å². The van der Waals surface area contributed by atoms with E-state index in [1.54, 1.807) is 14.2 Å². The van der Waals surface area contributed by atoms with Crippen molar-refractivity contribution in [2.45, 2.75) is 44.0 Å². The second-order valence-electron chi connectivity index (χ2n) is 10.5. The van der Waals surface area contributed by atoms with Crippen molar-refractivity contribution in [1.29, 1.82) is 0 Å². The first kappa shape index (κ1) is 21.5. The number of carbonyl (C=O) groups excluding carboxylic acids is 1. The van der Waals surface area contributed by atoms with Crippen molar-refractivity contribution in [2.24, 2.45) is 0 Å². The fourth-order valence-electron chi connectivity index (χ4n) is 7.49. The highest BCUT2D eigenvalue weighted by atomic mass is 16.6. The summed E-state index contributed by atoms with van der Waals surface area (Å²) in [7, 11) is 5.43. The van der Waals surface area contributed by atoms with Crippen LogP contribution < -0.4 is 15.4 Å². The highest BCUT2D eigenvalue weighted by Gasteiger charge is 2.53. The minimum atomic E-state index is -0.824. The summed E-state index contributed by atoms with van der Waals surface area (Å²) in [5.41, 5.74) is 5.19. The van der Waals surface area contributed by atoms with Gasteiger partial charge in [0.1, 0.15) is 18.1 Å². The third-order valence-corrected chi connectivity index (χ3v) is 8.90. The van der Waals surface area contributed by atoms with Gasteiger partial charge in [0.25, 0.3) is 5.91 Å². The van der Waals surface area contributed by atoms with Crippen molar-refractivity contribution in [3.8, 4) is 5.75 Å². The van der Waals surface area contributed by atoms with Crippen LogP contribution in [0.1, 0.15) is 35.5 Å². The van der Waals surface area contributed by atoms with E-state index in [-0.39, 0.29) is 24.3 Å². The molecule has 2 bridgehead atoms. The van der Waals surface area contributed by atoms with E-state index in [1.807, 2.05) is 19.2 Å². The lowest BCUT2D eigenvalue weighted by Gasteiger charge is -2.48. The number of hydrogen-bond donors (Lipinski definition) is 2. The Balaban J connectivity index is 1.71. The van der Waals surface area contributed by atoms with Crippen LogP contribution in [0.4, 0.5) is 0 Å². The predicted molar refractivity (Wildman–Crippen MR) is 142 cm³/mol. The first-order chi connectivity index (χ1) is 18.0. The number of benzene rings is 3. The lowest BCUT2D eigenvalue weighted by molar-refractivity contribution is -0.256. The van der Waals surface area contributed by atoms with Gasteiger partial charge in [0.2, 0.25) is 0 Å². The molecular formula is C29H28N4O4. The van der Waals surface area contributed by atoms with Gasteiger partial charge in [-0.05, 0) is 37.7 Å². The Morgan fingerprint density at radius 3 is 2.68 bits per heavy atom. The van der Waals surface area contributed by atoms with E-state index in [1.165, 1.54) is 0 Å². The van der Waals surface area contributed by atoms with Crippen molar-refractivity contribution < 1.29 is 19.0 Å². The van der Waals surface area contributed by atoms with E-state index in [2.05, 4.69) is 57.0 Å². The molecule has 2 N–H and O–H groups in total. The van der Waals surface area contributed by atoms with Crippen molar-refractivity contribution in [3.63, 3.8) is 0 Å². The van der Waals surface area contributed by atoms with Gasteiger partial charge in [-0.15, -0.1) is 0 Å². The van der Waals surface area contributed by atoms with Gasteiger partial charge in [0, 0.05) is 53.7 Å². The van der Waals surface area contributed by atoms with Crippen molar-refractivity contribution in [3.05, 3.63) is 53.6 Å². The number of fused-ring (bicyclic) bond motifs is 13. The summed E-state index contributed by atoms with van der Waals surface area (Å²) in [6.07, 6.45) is 0.232. The van der Waals surface area contributed by atoms with Crippen LogP contribution in [0.2, 0.25) is 0 Å². The average Bonchev–Trinajstić information content (AvgIpc) is 3.55. The number of aromatic nitrogens is 2. The van der Waals surface area contributed by atoms with Crippen LogP contribution in [0.15, 0.2) is 42.5 Å². The number of likely N-dealkylation sites (N-methyl/N-ethyl adjacent to an activating group) is 1. The summed E-state index contributed by atoms with van der Waals surface area (Å²) in [6.45, 7) is 2.63. The van der Waals surface area contributed by atoms with Gasteiger partial charge >= 0.3 is 0 Å². The molecule has 8 nitrogen and oxygen atoms in total. The highest BCUT2D eigenvalue weighted by molar-refractivity contribution is 6.31. The molecule has 4 atom stereocenters. The summed E-state index contributed by atoms with van der Waals surface area (Å²) >= 11 is 0. The van der Waals surface area contributed by atoms with Gasteiger partial charge in [-0.2, -0.15) is 0 Å². The minimum absolute atomic E-state index is 0.0172. The largest absolute Gasteiger partial charge is 0.497 e. The summed E-state index contributed by atoms with van der Waals surface area (Å²) in [5.74, 6) is 0.755. The molecule has 0 saturated carbocycles. The maximum absolute atomic E-state index is 13.4. The van der Waals surface area contributed by atoms with Gasteiger partial charge < -0.3 is 34.0 Å². The Labute approximate surface area is 213 Å². The zero-order valence-electron chi connectivity index (χ0n) is 21.2. The molecule has 1 fully saturated rings. The first-order valence-corrected chi connectivity index (χ1v) is 12.8. The van der Waals surface area contributed by atoms with Gasteiger partial charge in [0.05, 0.1) is 34.7 Å². The second kappa shape index (κ2) is 7.04.